The topological polar surface area (TPSA) is 178 Å². The van der Waals surface area contributed by atoms with E-state index < -0.39 is 24.0 Å². The quantitative estimate of drug-likeness (QED) is 0.227. The van der Waals surface area contributed by atoms with Crippen LogP contribution in [0.5, 0.6) is 0 Å². The molecule has 5 N–H and O–H groups in total. The molecule has 238 valence electrons. The summed E-state index contributed by atoms with van der Waals surface area (Å²) in [5.41, 5.74) is 10.2. The van der Waals surface area contributed by atoms with Crippen LogP contribution in [0.15, 0.2) is 29.1 Å². The number of amides is 2. The number of hydrogen-bond donors (Lipinski definition) is 4. The number of hydrogen-bond acceptors (Lipinski definition) is 9. The summed E-state index contributed by atoms with van der Waals surface area (Å²) in [5, 5.41) is 15.1. The van der Waals surface area contributed by atoms with E-state index >= 15 is 0 Å². The number of benzene rings is 1. The number of carbonyl (C=O) groups is 3. The number of anilines is 2. The van der Waals surface area contributed by atoms with Crippen LogP contribution in [-0.2, 0) is 32.2 Å². The number of morpholine rings is 1. The van der Waals surface area contributed by atoms with Gasteiger partial charge >= 0.3 is 6.16 Å². The molecule has 4 heterocycles. The number of fused-ring (bicyclic) bond motifs is 4. The summed E-state index contributed by atoms with van der Waals surface area (Å²) in [6.45, 7) is 13.4. The number of nitrogens with one attached hydrogen (secondary N) is 2. The van der Waals surface area contributed by atoms with Crippen LogP contribution in [0, 0.1) is 6.92 Å². The predicted octanol–water partition coefficient (Wildman–Crippen LogP) is 3.22. The predicted molar refractivity (Wildman–Crippen MR) is 169 cm³/mol. The zero-order valence-electron chi connectivity index (χ0n) is 26.2. The van der Waals surface area contributed by atoms with Gasteiger partial charge in [0.15, 0.2) is 0 Å². The van der Waals surface area contributed by atoms with Gasteiger partial charge < -0.3 is 40.4 Å². The Kier molecular flexibility index (Phi) is 11.8. The van der Waals surface area contributed by atoms with Gasteiger partial charge in [-0.1, -0.05) is 27.7 Å². The zero-order chi connectivity index (χ0) is 32.6. The van der Waals surface area contributed by atoms with E-state index in [0.29, 0.717) is 54.5 Å². The zero-order valence-corrected chi connectivity index (χ0v) is 26.2. The third-order valence-electron chi connectivity index (χ3n) is 7.13. The molecule has 2 amide bonds. The summed E-state index contributed by atoms with van der Waals surface area (Å²) in [6, 6.07) is 6.43. The average molecular weight is 611 g/mol. The van der Waals surface area contributed by atoms with Crippen molar-refractivity contribution >= 4 is 40.2 Å². The van der Waals surface area contributed by atoms with Gasteiger partial charge in [-0.15, -0.1) is 0 Å². The number of aryl methyl sites for hydroxylation is 1. The monoisotopic (exact) mass is 610 g/mol. The number of ether oxygens (including phenoxy) is 2. The summed E-state index contributed by atoms with van der Waals surface area (Å²) in [7, 11) is 0. The maximum atomic E-state index is 13.4. The number of carbonyl (C=O) groups excluding carboxylic acids is 2. The maximum absolute atomic E-state index is 13.4. The first kappa shape index (κ1) is 34.0. The molecular formula is C31H42N6O7. The summed E-state index contributed by atoms with van der Waals surface area (Å²) >= 11 is 0. The summed E-state index contributed by atoms with van der Waals surface area (Å²) < 4.78 is 11.9. The van der Waals surface area contributed by atoms with E-state index in [4.69, 9.17) is 25.3 Å². The molecule has 1 saturated heterocycles. The first-order valence-electron chi connectivity index (χ1n) is 14.9. The van der Waals surface area contributed by atoms with Crippen LogP contribution in [0.25, 0.3) is 22.3 Å². The van der Waals surface area contributed by atoms with Crippen molar-refractivity contribution in [3.8, 4) is 11.4 Å². The fourth-order valence-electron chi connectivity index (χ4n) is 5.12. The van der Waals surface area contributed by atoms with E-state index in [9.17, 15) is 19.2 Å². The third-order valence-corrected chi connectivity index (χ3v) is 7.13. The summed E-state index contributed by atoms with van der Waals surface area (Å²) in [6.07, 6.45) is -1.45. The number of nitrogens with two attached hydrogens (primary N) is 1. The molecule has 0 radical (unpaired) electrons. The van der Waals surface area contributed by atoms with E-state index in [2.05, 4.69) is 15.5 Å². The SMILES string of the molecule is CC.CC.Cc1cc2n(c(=O)c1COC(=O)O)Cc1c-2nc2ccc(NC(=O)C(C)NC(=O)CN)cc2c1N1CCOCC1. The number of nitrogens with zero attached hydrogens (tertiary/aromatic N) is 3. The normalized spacial score (nSPS) is 13.8. The van der Waals surface area contributed by atoms with E-state index in [0.717, 1.165) is 16.6 Å². The lowest BCUT2D eigenvalue weighted by Gasteiger charge is -2.31. The number of aromatic nitrogens is 2. The number of rotatable bonds is 7. The van der Waals surface area contributed by atoms with Gasteiger partial charge in [0.1, 0.15) is 12.6 Å². The van der Waals surface area contributed by atoms with Gasteiger partial charge in [-0.05, 0) is 43.7 Å². The molecular weight excluding hydrogens is 568 g/mol. The molecule has 2 aliphatic heterocycles. The Morgan fingerprint density at radius 3 is 2.45 bits per heavy atom. The molecule has 13 nitrogen and oxygen atoms in total. The molecule has 3 aromatic rings. The third kappa shape index (κ3) is 7.17. The highest BCUT2D eigenvalue weighted by Crippen LogP contribution is 2.41. The van der Waals surface area contributed by atoms with Crippen molar-refractivity contribution in [3.05, 3.63) is 51.3 Å². The molecule has 1 aromatic carbocycles. The van der Waals surface area contributed by atoms with Crippen molar-refractivity contribution in [2.45, 2.75) is 60.7 Å². The molecule has 1 unspecified atom stereocenters. The minimum Gasteiger partial charge on any atom is -0.450 e. The van der Waals surface area contributed by atoms with Crippen molar-refractivity contribution in [2.75, 3.05) is 43.1 Å². The Bertz CT molecular complexity index is 1580. The Balaban J connectivity index is 0.00000127. The second-order valence-corrected chi connectivity index (χ2v) is 9.74. The van der Waals surface area contributed by atoms with Crippen LogP contribution in [0.2, 0.25) is 0 Å². The highest BCUT2D eigenvalue weighted by atomic mass is 16.7. The molecule has 0 spiro atoms. The molecule has 5 rings (SSSR count). The fraction of sp³-hybridized carbons (Fsp3) is 0.452. The molecule has 1 atom stereocenters. The van der Waals surface area contributed by atoms with Crippen LogP contribution in [0.1, 0.15) is 51.3 Å². The molecule has 0 aliphatic carbocycles. The van der Waals surface area contributed by atoms with Gasteiger partial charge in [0.2, 0.25) is 11.8 Å². The van der Waals surface area contributed by atoms with Crippen LogP contribution in [-0.4, -0.2) is 71.5 Å². The second kappa shape index (κ2) is 15.3. The summed E-state index contributed by atoms with van der Waals surface area (Å²) in [4.78, 5) is 55.8. The average Bonchev–Trinajstić information content (AvgIpc) is 3.39. The van der Waals surface area contributed by atoms with Crippen molar-refractivity contribution in [3.63, 3.8) is 0 Å². The molecule has 1 fully saturated rings. The second-order valence-electron chi connectivity index (χ2n) is 9.74. The van der Waals surface area contributed by atoms with Crippen LogP contribution < -0.4 is 26.8 Å². The minimum absolute atomic E-state index is 0.216. The van der Waals surface area contributed by atoms with Gasteiger partial charge in [-0.3, -0.25) is 14.4 Å². The van der Waals surface area contributed by atoms with Gasteiger partial charge in [-0.2, -0.15) is 0 Å². The standard InChI is InChI=1S/C27H30N6O7.2C2H6/c1-14-9-21-23-18(12-33(21)26(36)19(14)13-40-27(37)38)24(32-5-7-39-8-6-32)17-10-16(3-4-20(17)31-23)30-25(35)15(2)29-22(34)11-28;2*1-2/h3-4,9-10,15H,5-8,11-13,28H2,1-2H3,(H,29,34)(H,30,35)(H,37,38);2*1-2H3. The lowest BCUT2D eigenvalue weighted by Crippen LogP contribution is -2.44. The molecule has 2 aliphatic rings. The molecule has 13 heteroatoms. The molecule has 0 bridgehead atoms. The molecule has 44 heavy (non-hydrogen) atoms. The summed E-state index contributed by atoms with van der Waals surface area (Å²) in [5.74, 6) is -0.827. The lowest BCUT2D eigenvalue weighted by atomic mass is 10.0. The highest BCUT2D eigenvalue weighted by Gasteiger charge is 2.30. The van der Waals surface area contributed by atoms with Gasteiger partial charge in [0.05, 0.1) is 54.5 Å². The Morgan fingerprint density at radius 2 is 1.82 bits per heavy atom. The first-order valence-corrected chi connectivity index (χ1v) is 14.9. The maximum Gasteiger partial charge on any atom is 0.506 e. The number of carboxylic acid groups (broad SMARTS) is 1. The van der Waals surface area contributed by atoms with Crippen LogP contribution in [0.4, 0.5) is 16.2 Å². The largest absolute Gasteiger partial charge is 0.506 e. The van der Waals surface area contributed by atoms with E-state index in [-0.39, 0.29) is 30.8 Å². The minimum atomic E-state index is -1.45. The van der Waals surface area contributed by atoms with Crippen molar-refractivity contribution < 1.29 is 29.0 Å². The Labute approximate surface area is 256 Å². The van der Waals surface area contributed by atoms with Gasteiger partial charge in [-0.25, -0.2) is 9.78 Å². The van der Waals surface area contributed by atoms with Crippen LogP contribution in [0.3, 0.4) is 0 Å². The number of pyridine rings is 2. The van der Waals surface area contributed by atoms with Crippen molar-refractivity contribution in [2.24, 2.45) is 5.73 Å². The Morgan fingerprint density at radius 1 is 1.14 bits per heavy atom. The van der Waals surface area contributed by atoms with Crippen LogP contribution >= 0.6 is 0 Å². The first-order chi connectivity index (χ1) is 21.2. The molecule has 0 saturated carbocycles. The fourth-order valence-corrected chi connectivity index (χ4v) is 5.12. The van der Waals surface area contributed by atoms with Crippen molar-refractivity contribution in [1.82, 2.24) is 14.9 Å². The van der Waals surface area contributed by atoms with Crippen molar-refractivity contribution in [1.29, 1.82) is 0 Å². The Hall–Kier alpha value is -4.49. The van der Waals surface area contributed by atoms with E-state index in [1.165, 1.54) is 0 Å². The lowest BCUT2D eigenvalue weighted by molar-refractivity contribution is -0.125. The van der Waals surface area contributed by atoms with Gasteiger partial charge in [0.25, 0.3) is 5.56 Å². The van der Waals surface area contributed by atoms with Gasteiger partial charge in [0, 0.05) is 29.7 Å². The molecule has 2 aromatic heterocycles. The van der Waals surface area contributed by atoms with E-state index in [1.807, 2.05) is 39.8 Å². The highest BCUT2D eigenvalue weighted by molar-refractivity contribution is 6.02. The van der Waals surface area contributed by atoms with E-state index in [1.54, 1.807) is 30.5 Å². The smallest absolute Gasteiger partial charge is 0.450 e.